The second-order valence-electron chi connectivity index (χ2n) is 8.01. The molecule has 0 saturated carbocycles. The van der Waals surface area contributed by atoms with E-state index in [9.17, 15) is 0 Å². The summed E-state index contributed by atoms with van der Waals surface area (Å²) >= 11 is 5.83. The van der Waals surface area contributed by atoms with Crippen molar-refractivity contribution in [1.29, 1.82) is 0 Å². The monoisotopic (exact) mass is 476 g/mol. The molecule has 0 bridgehead atoms. The summed E-state index contributed by atoms with van der Waals surface area (Å²) in [7, 11) is 3.57. The van der Waals surface area contributed by atoms with Crippen molar-refractivity contribution in [1.82, 2.24) is 0 Å². The van der Waals surface area contributed by atoms with Gasteiger partial charge in [0.05, 0.1) is 4.88 Å². The summed E-state index contributed by atoms with van der Waals surface area (Å²) in [6.45, 7) is 1.78. The molecule has 0 spiro atoms. The Morgan fingerprint density at radius 3 is 1.77 bits per heavy atom. The molecule has 0 aromatic carbocycles. The van der Waals surface area contributed by atoms with Gasteiger partial charge in [-0.15, -0.1) is 34.0 Å². The molecule has 0 saturated heterocycles. The van der Waals surface area contributed by atoms with Gasteiger partial charge >= 0.3 is 0 Å². The fourth-order valence-electron chi connectivity index (χ4n) is 3.78. The van der Waals surface area contributed by atoms with Crippen LogP contribution in [0.15, 0.2) is 35.7 Å². The molecule has 5 heteroatoms. The van der Waals surface area contributed by atoms with Crippen LogP contribution in [0.1, 0.15) is 61.1 Å². The summed E-state index contributed by atoms with van der Waals surface area (Å²) in [5.41, 5.74) is 1.41. The van der Waals surface area contributed by atoms with Gasteiger partial charge in [-0.3, -0.25) is 0 Å². The zero-order valence-electron chi connectivity index (χ0n) is 19.0. The molecular formula is C26H36O2S3. The highest BCUT2D eigenvalue weighted by atomic mass is 32.1. The molecule has 0 fully saturated rings. The largest absolute Gasteiger partial charge is 0.385 e. The minimum Gasteiger partial charge on any atom is -0.385 e. The predicted octanol–water partition coefficient (Wildman–Crippen LogP) is 8.70. The van der Waals surface area contributed by atoms with Crippen LogP contribution in [0.2, 0.25) is 0 Å². The lowest BCUT2D eigenvalue weighted by molar-refractivity contribution is 0.192. The van der Waals surface area contributed by atoms with Gasteiger partial charge in [-0.25, -0.2) is 0 Å². The first-order chi connectivity index (χ1) is 15.3. The van der Waals surface area contributed by atoms with Gasteiger partial charge in [0.15, 0.2) is 0 Å². The quantitative estimate of drug-likeness (QED) is 0.192. The van der Waals surface area contributed by atoms with Crippen LogP contribution in [-0.4, -0.2) is 27.4 Å². The summed E-state index contributed by atoms with van der Waals surface area (Å²) in [6, 6.07) is 11.6. The highest BCUT2D eigenvalue weighted by molar-refractivity contribution is 7.22. The molecule has 0 atom stereocenters. The smallest absolute Gasteiger partial charge is 0.0529 e. The standard InChI is InChI=1S/C26H36O2S3/c1-27-18-9-5-3-7-11-21-13-15-24(30-21)23-17-20-29-26(23)25-16-14-22(31-25)12-8-4-6-10-19-28-2/h13-17,20H,3-12,18-19H2,1-2H3. The van der Waals surface area contributed by atoms with Crippen LogP contribution in [-0.2, 0) is 22.3 Å². The normalized spacial score (nSPS) is 11.4. The molecule has 31 heavy (non-hydrogen) atoms. The van der Waals surface area contributed by atoms with E-state index < -0.39 is 0 Å². The Kier molecular flexibility index (Phi) is 11.3. The van der Waals surface area contributed by atoms with E-state index in [1.165, 1.54) is 94.2 Å². The van der Waals surface area contributed by atoms with Crippen molar-refractivity contribution in [3.05, 3.63) is 45.5 Å². The lowest BCUT2D eigenvalue weighted by atomic mass is 10.1. The minimum atomic E-state index is 0.892. The molecule has 0 radical (unpaired) electrons. The van der Waals surface area contributed by atoms with Crippen LogP contribution in [0.25, 0.3) is 20.2 Å². The molecule has 170 valence electrons. The van der Waals surface area contributed by atoms with Gasteiger partial charge in [-0.05, 0) is 74.2 Å². The molecule has 3 aromatic rings. The highest BCUT2D eigenvalue weighted by Crippen LogP contribution is 2.42. The molecule has 0 amide bonds. The third kappa shape index (κ3) is 8.14. The minimum absolute atomic E-state index is 0.892. The van der Waals surface area contributed by atoms with E-state index in [0.29, 0.717) is 0 Å². The Bertz CT molecular complexity index is 793. The lowest BCUT2D eigenvalue weighted by Gasteiger charge is -2.01. The van der Waals surface area contributed by atoms with Gasteiger partial charge in [0.1, 0.15) is 0 Å². The van der Waals surface area contributed by atoms with Crippen LogP contribution in [0.3, 0.4) is 0 Å². The molecule has 0 unspecified atom stereocenters. The van der Waals surface area contributed by atoms with E-state index in [1.807, 2.05) is 34.0 Å². The maximum absolute atomic E-state index is 5.14. The van der Waals surface area contributed by atoms with Gasteiger partial charge in [-0.1, -0.05) is 25.7 Å². The summed E-state index contributed by atoms with van der Waals surface area (Å²) in [4.78, 5) is 7.30. The van der Waals surface area contributed by atoms with E-state index in [1.54, 1.807) is 14.2 Å². The first kappa shape index (κ1) is 24.7. The third-order valence-corrected chi connectivity index (χ3v) is 8.94. The Morgan fingerprint density at radius 1 is 0.613 bits per heavy atom. The van der Waals surface area contributed by atoms with E-state index in [4.69, 9.17) is 9.47 Å². The maximum atomic E-state index is 5.14. The first-order valence-corrected chi connectivity index (χ1v) is 14.1. The summed E-state index contributed by atoms with van der Waals surface area (Å²) in [5.74, 6) is 0. The molecule has 3 aromatic heterocycles. The van der Waals surface area contributed by atoms with Gasteiger partial charge in [0.25, 0.3) is 0 Å². The number of ether oxygens (including phenoxy) is 2. The van der Waals surface area contributed by atoms with Crippen LogP contribution < -0.4 is 0 Å². The summed E-state index contributed by atoms with van der Waals surface area (Å²) in [6.07, 6.45) is 12.5. The Hall–Kier alpha value is -0.980. The van der Waals surface area contributed by atoms with Crippen LogP contribution >= 0.6 is 34.0 Å². The van der Waals surface area contributed by atoms with Crippen molar-refractivity contribution in [2.24, 2.45) is 0 Å². The number of unbranched alkanes of at least 4 members (excludes halogenated alkanes) is 6. The van der Waals surface area contributed by atoms with Gasteiger partial charge in [-0.2, -0.15) is 0 Å². The van der Waals surface area contributed by atoms with Gasteiger partial charge < -0.3 is 9.47 Å². The van der Waals surface area contributed by atoms with Crippen molar-refractivity contribution < 1.29 is 9.47 Å². The highest BCUT2D eigenvalue weighted by Gasteiger charge is 2.13. The Balaban J connectivity index is 1.51. The third-order valence-electron chi connectivity index (χ3n) is 5.52. The number of aryl methyl sites for hydroxylation is 2. The number of thiophene rings is 3. The molecule has 2 nitrogen and oxygen atoms in total. The molecule has 0 aliphatic carbocycles. The van der Waals surface area contributed by atoms with Gasteiger partial charge in [0, 0.05) is 52.5 Å². The molecule has 3 heterocycles. The van der Waals surface area contributed by atoms with Crippen LogP contribution in [0.4, 0.5) is 0 Å². The zero-order valence-corrected chi connectivity index (χ0v) is 21.4. The van der Waals surface area contributed by atoms with Crippen molar-refractivity contribution >= 4 is 34.0 Å². The molecule has 0 aliphatic rings. The van der Waals surface area contributed by atoms with Crippen molar-refractivity contribution in [3.63, 3.8) is 0 Å². The fourth-order valence-corrected chi connectivity index (χ4v) is 7.03. The Labute approximate surface area is 200 Å². The number of rotatable bonds is 16. The SMILES string of the molecule is COCCCCCCc1ccc(-c2ccsc2-c2ccc(CCCCCCOC)s2)s1. The Morgan fingerprint density at radius 2 is 1.16 bits per heavy atom. The molecular weight excluding hydrogens is 440 g/mol. The average Bonchev–Trinajstić information content (AvgIpc) is 3.53. The van der Waals surface area contributed by atoms with Crippen molar-refractivity contribution in [3.8, 4) is 20.2 Å². The summed E-state index contributed by atoms with van der Waals surface area (Å²) < 4.78 is 10.3. The number of hydrogen-bond acceptors (Lipinski definition) is 5. The second-order valence-corrected chi connectivity index (χ2v) is 11.3. The lowest BCUT2D eigenvalue weighted by Crippen LogP contribution is -1.88. The van der Waals surface area contributed by atoms with Crippen molar-refractivity contribution in [2.75, 3.05) is 27.4 Å². The molecule has 0 N–H and O–H groups in total. The maximum Gasteiger partial charge on any atom is 0.0529 e. The topological polar surface area (TPSA) is 18.5 Å². The van der Waals surface area contributed by atoms with E-state index in [2.05, 4.69) is 35.7 Å². The summed E-state index contributed by atoms with van der Waals surface area (Å²) in [5, 5.41) is 2.25. The van der Waals surface area contributed by atoms with Crippen molar-refractivity contribution in [2.45, 2.75) is 64.2 Å². The van der Waals surface area contributed by atoms with E-state index in [0.717, 1.165) is 13.2 Å². The zero-order chi connectivity index (χ0) is 21.7. The second kappa shape index (κ2) is 14.2. The number of methoxy groups -OCH3 is 2. The molecule has 0 aliphatic heterocycles. The van der Waals surface area contributed by atoms with Crippen LogP contribution in [0, 0.1) is 0 Å². The van der Waals surface area contributed by atoms with Crippen LogP contribution in [0.5, 0.6) is 0 Å². The van der Waals surface area contributed by atoms with Gasteiger partial charge in [0.2, 0.25) is 0 Å². The number of hydrogen-bond donors (Lipinski definition) is 0. The van der Waals surface area contributed by atoms with E-state index in [-0.39, 0.29) is 0 Å². The average molecular weight is 477 g/mol. The fraction of sp³-hybridized carbons (Fsp3) is 0.538. The first-order valence-electron chi connectivity index (χ1n) is 11.6. The van der Waals surface area contributed by atoms with E-state index >= 15 is 0 Å². The molecule has 3 rings (SSSR count). The predicted molar refractivity (Wildman–Crippen MR) is 139 cm³/mol.